The minimum atomic E-state index is 0.132. The van der Waals surface area contributed by atoms with Crippen molar-refractivity contribution in [1.29, 1.82) is 0 Å². The number of carbonyl (C=O) groups excluding carboxylic acids is 1. The fourth-order valence-corrected chi connectivity index (χ4v) is 4.50. The van der Waals surface area contributed by atoms with E-state index < -0.39 is 0 Å². The molecule has 0 radical (unpaired) electrons. The first-order valence-corrected chi connectivity index (χ1v) is 10.3. The minimum Gasteiger partial charge on any atom is -0.378 e. The van der Waals surface area contributed by atoms with Gasteiger partial charge in [0, 0.05) is 25.7 Å². The highest BCUT2D eigenvalue weighted by atomic mass is 16.1. The summed E-state index contributed by atoms with van der Waals surface area (Å²) in [5, 5.41) is 0. The van der Waals surface area contributed by atoms with Crippen LogP contribution in [-0.2, 0) is 4.79 Å². The molecular weight excluding hydrogens is 342 g/mol. The van der Waals surface area contributed by atoms with Crippen LogP contribution in [0.25, 0.3) is 0 Å². The first kappa shape index (κ1) is 20.4. The van der Waals surface area contributed by atoms with Gasteiger partial charge in [-0.2, -0.15) is 0 Å². The van der Waals surface area contributed by atoms with Gasteiger partial charge in [-0.25, -0.2) is 0 Å². The van der Waals surface area contributed by atoms with Gasteiger partial charge >= 0.3 is 0 Å². The fourth-order valence-electron chi connectivity index (χ4n) is 4.50. The molecule has 0 spiro atoms. The smallest absolute Gasteiger partial charge is 0.146 e. The molecule has 0 N–H and O–H groups in total. The molecular formula is C26H33NO. The monoisotopic (exact) mass is 375 g/mol. The van der Waals surface area contributed by atoms with Crippen LogP contribution in [0.15, 0.2) is 70.9 Å². The molecule has 0 aliphatic heterocycles. The number of allylic oxidation sites excluding steroid dienone is 8. The van der Waals surface area contributed by atoms with Crippen LogP contribution < -0.4 is 4.90 Å². The van der Waals surface area contributed by atoms with Gasteiger partial charge in [0.2, 0.25) is 0 Å². The Balaban J connectivity index is 1.83. The van der Waals surface area contributed by atoms with Gasteiger partial charge in [0.25, 0.3) is 0 Å². The average Bonchev–Trinajstić information content (AvgIpc) is 2.67. The Labute approximate surface area is 170 Å². The van der Waals surface area contributed by atoms with E-state index in [1.807, 2.05) is 20.2 Å². The summed E-state index contributed by atoms with van der Waals surface area (Å²) in [5.41, 5.74) is 7.78. The second-order valence-electron chi connectivity index (χ2n) is 9.03. The Morgan fingerprint density at radius 2 is 1.79 bits per heavy atom. The van der Waals surface area contributed by atoms with E-state index in [-0.39, 0.29) is 11.3 Å². The molecule has 1 aromatic rings. The Hall–Kier alpha value is -2.35. The Morgan fingerprint density at radius 1 is 1.07 bits per heavy atom. The molecule has 2 aliphatic carbocycles. The maximum absolute atomic E-state index is 11.6. The van der Waals surface area contributed by atoms with Crippen molar-refractivity contribution in [3.63, 3.8) is 0 Å². The molecule has 2 nitrogen and oxygen atoms in total. The number of nitrogens with zero attached hydrogens (tertiary/aromatic N) is 1. The Morgan fingerprint density at radius 3 is 2.39 bits per heavy atom. The van der Waals surface area contributed by atoms with Crippen molar-refractivity contribution in [1.82, 2.24) is 0 Å². The highest BCUT2D eigenvalue weighted by Crippen LogP contribution is 2.41. The molecule has 0 fully saturated rings. The van der Waals surface area contributed by atoms with Crippen molar-refractivity contribution in [2.45, 2.75) is 52.4 Å². The third kappa shape index (κ3) is 4.38. The molecule has 2 heteroatoms. The highest BCUT2D eigenvalue weighted by Gasteiger charge is 2.27. The standard InChI is InChI=1S/C26H33NO/c1-19-7-6-16-26(2,3)25(19)15-9-20-8-10-22(18-28)24(17-20)21-11-13-23(14-12-21)27(4)5/h8-15,18,24H,6-7,16-17H2,1-5H3/b15-9+. The molecule has 1 atom stereocenters. The van der Waals surface area contributed by atoms with E-state index in [2.05, 4.69) is 68.2 Å². The predicted molar refractivity (Wildman–Crippen MR) is 120 cm³/mol. The van der Waals surface area contributed by atoms with E-state index in [0.29, 0.717) is 0 Å². The van der Waals surface area contributed by atoms with Crippen molar-refractivity contribution >= 4 is 12.0 Å². The van der Waals surface area contributed by atoms with Crippen molar-refractivity contribution in [3.05, 3.63) is 76.4 Å². The number of hydrogen-bond donors (Lipinski definition) is 0. The molecule has 3 rings (SSSR count). The summed E-state index contributed by atoms with van der Waals surface area (Å²) in [6, 6.07) is 8.57. The van der Waals surface area contributed by atoms with Gasteiger partial charge in [0.15, 0.2) is 0 Å². The molecule has 2 aliphatic rings. The van der Waals surface area contributed by atoms with E-state index >= 15 is 0 Å². The summed E-state index contributed by atoms with van der Waals surface area (Å²) in [4.78, 5) is 13.7. The van der Waals surface area contributed by atoms with E-state index in [1.54, 1.807) is 0 Å². The summed E-state index contributed by atoms with van der Waals surface area (Å²) in [5.74, 6) is 0.132. The second-order valence-corrected chi connectivity index (χ2v) is 9.03. The number of benzene rings is 1. The third-order valence-corrected chi connectivity index (χ3v) is 6.29. The summed E-state index contributed by atoms with van der Waals surface area (Å²) in [6.45, 7) is 6.98. The molecule has 148 valence electrons. The lowest BCUT2D eigenvalue weighted by Crippen LogP contribution is -2.19. The second kappa shape index (κ2) is 8.34. The first-order valence-electron chi connectivity index (χ1n) is 10.3. The molecule has 0 saturated heterocycles. The maximum atomic E-state index is 11.6. The zero-order chi connectivity index (χ0) is 20.3. The van der Waals surface area contributed by atoms with Gasteiger partial charge in [-0.05, 0) is 72.4 Å². The Bertz CT molecular complexity index is 847. The first-order chi connectivity index (χ1) is 13.3. The van der Waals surface area contributed by atoms with Gasteiger partial charge in [-0.3, -0.25) is 4.79 Å². The van der Waals surface area contributed by atoms with Crippen LogP contribution in [0.1, 0.15) is 57.9 Å². The summed E-state index contributed by atoms with van der Waals surface area (Å²) < 4.78 is 0. The van der Waals surface area contributed by atoms with Gasteiger partial charge in [-0.1, -0.05) is 55.9 Å². The van der Waals surface area contributed by atoms with E-state index in [4.69, 9.17) is 0 Å². The maximum Gasteiger partial charge on any atom is 0.146 e. The SMILES string of the molecule is CC1=C(/C=C/C2=CC=C(C=O)C(c3ccc(N(C)C)cc3)C2)C(C)(C)CCC1. The summed E-state index contributed by atoms with van der Waals surface area (Å²) in [6.07, 6.45) is 14.3. The Kier molecular flexibility index (Phi) is 6.07. The van der Waals surface area contributed by atoms with Crippen LogP contribution in [-0.4, -0.2) is 20.4 Å². The molecule has 1 aromatic carbocycles. The lowest BCUT2D eigenvalue weighted by atomic mass is 9.72. The van der Waals surface area contributed by atoms with Gasteiger partial charge in [0.1, 0.15) is 6.29 Å². The quantitative estimate of drug-likeness (QED) is 0.557. The van der Waals surface area contributed by atoms with Gasteiger partial charge in [-0.15, -0.1) is 0 Å². The van der Waals surface area contributed by atoms with Crippen molar-refractivity contribution in [2.75, 3.05) is 19.0 Å². The minimum absolute atomic E-state index is 0.132. The summed E-state index contributed by atoms with van der Waals surface area (Å²) >= 11 is 0. The summed E-state index contributed by atoms with van der Waals surface area (Å²) in [7, 11) is 4.09. The highest BCUT2D eigenvalue weighted by molar-refractivity contribution is 5.78. The normalized spacial score (nSPS) is 22.1. The average molecular weight is 376 g/mol. The molecule has 1 unspecified atom stereocenters. The van der Waals surface area contributed by atoms with E-state index in [0.717, 1.165) is 18.3 Å². The number of anilines is 1. The fraction of sp³-hybridized carbons (Fsp3) is 0.423. The number of rotatable bonds is 5. The van der Waals surface area contributed by atoms with Crippen LogP contribution in [0, 0.1) is 5.41 Å². The van der Waals surface area contributed by atoms with Crippen LogP contribution in [0.5, 0.6) is 0 Å². The van der Waals surface area contributed by atoms with E-state index in [9.17, 15) is 4.79 Å². The zero-order valence-corrected chi connectivity index (χ0v) is 18.0. The van der Waals surface area contributed by atoms with Crippen molar-refractivity contribution in [3.8, 4) is 0 Å². The lowest BCUT2D eigenvalue weighted by Gasteiger charge is -2.33. The van der Waals surface area contributed by atoms with Gasteiger partial charge in [0.05, 0.1) is 0 Å². The molecule has 0 amide bonds. The molecule has 0 saturated carbocycles. The van der Waals surface area contributed by atoms with Crippen LogP contribution >= 0.6 is 0 Å². The number of carbonyl (C=O) groups is 1. The third-order valence-electron chi connectivity index (χ3n) is 6.29. The zero-order valence-electron chi connectivity index (χ0n) is 18.0. The largest absolute Gasteiger partial charge is 0.378 e. The molecule has 0 aromatic heterocycles. The molecule has 0 bridgehead atoms. The lowest BCUT2D eigenvalue weighted by molar-refractivity contribution is -0.105. The topological polar surface area (TPSA) is 20.3 Å². The van der Waals surface area contributed by atoms with Crippen molar-refractivity contribution in [2.24, 2.45) is 5.41 Å². The molecule has 0 heterocycles. The number of hydrogen-bond acceptors (Lipinski definition) is 2. The van der Waals surface area contributed by atoms with Crippen molar-refractivity contribution < 1.29 is 4.79 Å². The van der Waals surface area contributed by atoms with Crippen LogP contribution in [0.4, 0.5) is 5.69 Å². The molecule has 28 heavy (non-hydrogen) atoms. The number of aldehydes is 1. The van der Waals surface area contributed by atoms with Crippen LogP contribution in [0.3, 0.4) is 0 Å². The van der Waals surface area contributed by atoms with Crippen LogP contribution in [0.2, 0.25) is 0 Å². The van der Waals surface area contributed by atoms with Gasteiger partial charge < -0.3 is 4.90 Å². The predicted octanol–water partition coefficient (Wildman–Crippen LogP) is 6.37. The van der Waals surface area contributed by atoms with E-state index in [1.165, 1.54) is 47.2 Å².